The van der Waals surface area contributed by atoms with Crippen molar-refractivity contribution in [3.63, 3.8) is 0 Å². The molecule has 1 heterocycles. The second-order valence-corrected chi connectivity index (χ2v) is 5.78. The summed E-state index contributed by atoms with van der Waals surface area (Å²) in [5.41, 5.74) is 1.37. The van der Waals surface area contributed by atoms with Crippen LogP contribution in [0.25, 0.3) is 0 Å². The van der Waals surface area contributed by atoms with Crippen molar-refractivity contribution in [2.75, 3.05) is 24.6 Å². The average molecular weight is 290 g/mol. The molecule has 0 unspecified atom stereocenters. The Labute approximate surface area is 125 Å². The van der Waals surface area contributed by atoms with Crippen molar-refractivity contribution in [2.45, 2.75) is 32.1 Å². The number of hydrogen-bond acceptors (Lipinski definition) is 3. The van der Waals surface area contributed by atoms with Crippen LogP contribution >= 0.6 is 0 Å². The lowest BCUT2D eigenvalue weighted by atomic mass is 9.86. The Morgan fingerprint density at radius 3 is 2.76 bits per heavy atom. The zero-order valence-corrected chi connectivity index (χ0v) is 12.6. The van der Waals surface area contributed by atoms with Gasteiger partial charge in [0.05, 0.1) is 5.41 Å². The molecule has 114 valence electrons. The van der Waals surface area contributed by atoms with Crippen molar-refractivity contribution in [2.24, 2.45) is 0 Å². The standard InChI is InChI=1S/C16H22N2O3/c1-16(2)12-6-3-4-7-13(12)18(15(16)21)10-8-14(20)17-9-5-11-19/h3-4,6-7,19H,5,8-11H2,1-2H3,(H,17,20). The molecule has 5 heteroatoms. The van der Waals surface area contributed by atoms with E-state index in [2.05, 4.69) is 5.32 Å². The van der Waals surface area contributed by atoms with Gasteiger partial charge < -0.3 is 15.3 Å². The number of benzene rings is 1. The molecule has 0 radical (unpaired) electrons. The molecule has 0 fully saturated rings. The van der Waals surface area contributed by atoms with E-state index in [1.54, 1.807) is 4.90 Å². The predicted octanol–water partition coefficient (Wildman–Crippen LogP) is 1.20. The molecule has 0 saturated heterocycles. The number of nitrogens with one attached hydrogen (secondary N) is 1. The Hall–Kier alpha value is -1.88. The van der Waals surface area contributed by atoms with Crippen molar-refractivity contribution >= 4 is 17.5 Å². The molecule has 5 nitrogen and oxygen atoms in total. The summed E-state index contributed by atoms with van der Waals surface area (Å²) in [6.45, 7) is 4.73. The molecule has 1 aliphatic rings. The zero-order chi connectivity index (χ0) is 15.5. The van der Waals surface area contributed by atoms with Gasteiger partial charge in [0.15, 0.2) is 0 Å². The molecule has 0 aromatic heterocycles. The number of carbonyl (C=O) groups excluding carboxylic acids is 2. The summed E-state index contributed by atoms with van der Waals surface area (Å²) in [5, 5.41) is 11.4. The monoisotopic (exact) mass is 290 g/mol. The minimum atomic E-state index is -0.538. The van der Waals surface area contributed by atoms with Crippen LogP contribution < -0.4 is 10.2 Å². The van der Waals surface area contributed by atoms with Gasteiger partial charge >= 0.3 is 0 Å². The second-order valence-electron chi connectivity index (χ2n) is 5.78. The Balaban J connectivity index is 2.01. The number of nitrogens with zero attached hydrogens (tertiary/aromatic N) is 1. The first-order valence-corrected chi connectivity index (χ1v) is 7.27. The van der Waals surface area contributed by atoms with E-state index in [1.807, 2.05) is 38.1 Å². The SMILES string of the molecule is CC1(C)C(=O)N(CCC(=O)NCCCO)c2ccccc21. The zero-order valence-electron chi connectivity index (χ0n) is 12.6. The van der Waals surface area contributed by atoms with Crippen molar-refractivity contribution < 1.29 is 14.7 Å². The van der Waals surface area contributed by atoms with Gasteiger partial charge in [-0.1, -0.05) is 18.2 Å². The van der Waals surface area contributed by atoms with Gasteiger partial charge in [0.2, 0.25) is 11.8 Å². The van der Waals surface area contributed by atoms with Crippen LogP contribution in [0.3, 0.4) is 0 Å². The Kier molecular flexibility index (Phi) is 4.63. The Morgan fingerprint density at radius 1 is 1.33 bits per heavy atom. The lowest BCUT2D eigenvalue weighted by Crippen LogP contribution is -2.38. The molecule has 1 aromatic rings. The number of aliphatic hydroxyl groups excluding tert-OH is 1. The highest BCUT2D eigenvalue weighted by atomic mass is 16.3. The molecule has 0 atom stereocenters. The molecule has 0 saturated carbocycles. The summed E-state index contributed by atoms with van der Waals surface area (Å²) in [7, 11) is 0. The van der Waals surface area contributed by atoms with E-state index in [4.69, 9.17) is 5.11 Å². The number of fused-ring (bicyclic) bond motifs is 1. The minimum absolute atomic E-state index is 0.0341. The molecule has 1 aromatic carbocycles. The summed E-state index contributed by atoms with van der Waals surface area (Å²) >= 11 is 0. The normalized spacial score (nSPS) is 16.0. The first kappa shape index (κ1) is 15.5. The number of anilines is 1. The van der Waals surface area contributed by atoms with Crippen molar-refractivity contribution in [1.29, 1.82) is 0 Å². The van der Waals surface area contributed by atoms with E-state index < -0.39 is 5.41 Å². The van der Waals surface area contributed by atoms with Gasteiger partial charge in [-0.15, -0.1) is 0 Å². The average Bonchev–Trinajstić information content (AvgIpc) is 2.66. The van der Waals surface area contributed by atoms with Crippen LogP contribution in [0.4, 0.5) is 5.69 Å². The highest BCUT2D eigenvalue weighted by molar-refractivity contribution is 6.07. The lowest BCUT2D eigenvalue weighted by Gasteiger charge is -2.20. The molecule has 21 heavy (non-hydrogen) atoms. The van der Waals surface area contributed by atoms with Gasteiger partial charge in [-0.25, -0.2) is 0 Å². The van der Waals surface area contributed by atoms with Gasteiger partial charge in [-0.05, 0) is 31.9 Å². The van der Waals surface area contributed by atoms with E-state index in [9.17, 15) is 9.59 Å². The number of carbonyl (C=O) groups is 2. The molecule has 2 rings (SSSR count). The van der Waals surface area contributed by atoms with Crippen molar-refractivity contribution in [3.8, 4) is 0 Å². The van der Waals surface area contributed by atoms with Crippen molar-refractivity contribution in [3.05, 3.63) is 29.8 Å². The molecule has 0 spiro atoms. The fourth-order valence-electron chi connectivity index (χ4n) is 2.63. The molecule has 1 aliphatic heterocycles. The maximum absolute atomic E-state index is 12.5. The Bertz CT molecular complexity index is 540. The highest BCUT2D eigenvalue weighted by Gasteiger charge is 2.43. The van der Waals surface area contributed by atoms with Gasteiger partial charge in [0.25, 0.3) is 0 Å². The maximum Gasteiger partial charge on any atom is 0.237 e. The van der Waals surface area contributed by atoms with E-state index >= 15 is 0 Å². The lowest BCUT2D eigenvalue weighted by molar-refractivity contribution is -0.122. The quantitative estimate of drug-likeness (QED) is 0.773. The smallest absolute Gasteiger partial charge is 0.237 e. The van der Waals surface area contributed by atoms with Crippen LogP contribution in [-0.4, -0.2) is 36.6 Å². The largest absolute Gasteiger partial charge is 0.396 e. The highest BCUT2D eigenvalue weighted by Crippen LogP contribution is 2.41. The third-order valence-corrected chi connectivity index (χ3v) is 3.87. The van der Waals surface area contributed by atoms with Crippen molar-refractivity contribution in [1.82, 2.24) is 5.32 Å². The molecule has 2 N–H and O–H groups in total. The van der Waals surface area contributed by atoms with Crippen LogP contribution in [0.2, 0.25) is 0 Å². The Morgan fingerprint density at radius 2 is 2.05 bits per heavy atom. The number of rotatable bonds is 6. The second kappa shape index (κ2) is 6.26. The molecular formula is C16H22N2O3. The number of hydrogen-bond donors (Lipinski definition) is 2. The van der Waals surface area contributed by atoms with Gasteiger partial charge in [0.1, 0.15) is 0 Å². The van der Waals surface area contributed by atoms with Crippen LogP contribution in [0.5, 0.6) is 0 Å². The van der Waals surface area contributed by atoms with Gasteiger partial charge in [0, 0.05) is 31.8 Å². The molecular weight excluding hydrogens is 268 g/mol. The predicted molar refractivity (Wildman–Crippen MR) is 81.2 cm³/mol. The fourth-order valence-corrected chi connectivity index (χ4v) is 2.63. The van der Waals surface area contributed by atoms with Crippen LogP contribution in [-0.2, 0) is 15.0 Å². The van der Waals surface area contributed by atoms with Gasteiger partial charge in [-0.2, -0.15) is 0 Å². The van der Waals surface area contributed by atoms with Crippen LogP contribution in [0, 0.1) is 0 Å². The van der Waals surface area contributed by atoms with E-state index in [0.717, 1.165) is 11.3 Å². The first-order chi connectivity index (χ1) is 9.98. The summed E-state index contributed by atoms with van der Waals surface area (Å²) in [5.74, 6) is -0.0645. The van der Waals surface area contributed by atoms with E-state index in [-0.39, 0.29) is 24.8 Å². The first-order valence-electron chi connectivity index (χ1n) is 7.27. The molecule has 0 aliphatic carbocycles. The topological polar surface area (TPSA) is 69.6 Å². The van der Waals surface area contributed by atoms with Crippen LogP contribution in [0.1, 0.15) is 32.3 Å². The maximum atomic E-state index is 12.5. The fraction of sp³-hybridized carbons (Fsp3) is 0.500. The minimum Gasteiger partial charge on any atom is -0.396 e. The van der Waals surface area contributed by atoms with Crippen LogP contribution in [0.15, 0.2) is 24.3 Å². The van der Waals surface area contributed by atoms with E-state index in [0.29, 0.717) is 19.5 Å². The summed E-state index contributed by atoms with van der Waals surface area (Å²) in [6.07, 6.45) is 0.811. The molecule has 0 bridgehead atoms. The van der Waals surface area contributed by atoms with E-state index in [1.165, 1.54) is 0 Å². The summed E-state index contributed by atoms with van der Waals surface area (Å²) < 4.78 is 0. The summed E-state index contributed by atoms with van der Waals surface area (Å²) in [4.78, 5) is 25.9. The number of aliphatic hydroxyl groups is 1. The van der Waals surface area contributed by atoms with Gasteiger partial charge in [-0.3, -0.25) is 9.59 Å². The number of amides is 2. The molecule has 2 amide bonds. The number of para-hydroxylation sites is 1. The summed E-state index contributed by atoms with van der Waals surface area (Å²) in [6, 6.07) is 7.72. The third-order valence-electron chi connectivity index (χ3n) is 3.87. The third kappa shape index (κ3) is 3.08.